The molecule has 8 nitrogen and oxygen atoms in total. The molecule has 2 aromatic carbocycles. The van der Waals surface area contributed by atoms with E-state index in [0.717, 1.165) is 18.2 Å². The molecule has 0 aliphatic rings. The van der Waals surface area contributed by atoms with Crippen LogP contribution in [-0.4, -0.2) is 54.2 Å². The average molecular weight is 550 g/mol. The number of anilines is 1. The maximum absolute atomic E-state index is 14.5. The van der Waals surface area contributed by atoms with Gasteiger partial charge in [0, 0.05) is 16.8 Å². The fourth-order valence-electron chi connectivity index (χ4n) is 3.28. The van der Waals surface area contributed by atoms with E-state index in [-0.39, 0.29) is 11.1 Å². The Balaban J connectivity index is 2.73. The third-order valence-electron chi connectivity index (χ3n) is 5.30. The number of aliphatic hydroxyl groups is 1. The molecule has 38 heavy (non-hydrogen) atoms. The van der Waals surface area contributed by atoms with Gasteiger partial charge in [-0.25, -0.2) is 9.59 Å². The van der Waals surface area contributed by atoms with Crippen LogP contribution in [0.25, 0.3) is 0 Å². The summed E-state index contributed by atoms with van der Waals surface area (Å²) in [6.45, 7) is 2.47. The standard InChI is InChI=1S/C24H24F6N2O6/c1-4-37-19(34)21(36,23(25,26)27)16-12-11-14(3)17(13-16)31-22(24(28,29)30,20(35)38-5-2)32-18(33)15-9-7-6-8-10-15/h6-13,31,36H,4-5H2,1-3H3,(H,32,33)/t21-,22+/m1/s1. The van der Waals surface area contributed by atoms with Crippen molar-refractivity contribution in [2.45, 2.75) is 44.4 Å². The minimum Gasteiger partial charge on any atom is -0.463 e. The van der Waals surface area contributed by atoms with Gasteiger partial charge in [0.2, 0.25) is 0 Å². The van der Waals surface area contributed by atoms with Gasteiger partial charge in [-0.1, -0.05) is 30.3 Å². The number of alkyl halides is 6. The zero-order chi connectivity index (χ0) is 28.9. The van der Waals surface area contributed by atoms with E-state index in [9.17, 15) is 45.8 Å². The van der Waals surface area contributed by atoms with E-state index in [1.54, 1.807) is 10.6 Å². The smallest absolute Gasteiger partial charge is 0.441 e. The summed E-state index contributed by atoms with van der Waals surface area (Å²) < 4.78 is 93.9. The molecule has 14 heteroatoms. The van der Waals surface area contributed by atoms with Crippen LogP contribution in [0.3, 0.4) is 0 Å². The van der Waals surface area contributed by atoms with Crippen molar-refractivity contribution in [1.82, 2.24) is 5.32 Å². The third kappa shape index (κ3) is 5.85. The molecule has 1 amide bonds. The van der Waals surface area contributed by atoms with Crippen LogP contribution in [0.1, 0.15) is 35.3 Å². The van der Waals surface area contributed by atoms with Crippen molar-refractivity contribution in [3.8, 4) is 0 Å². The molecule has 0 spiro atoms. The number of hydrogen-bond donors (Lipinski definition) is 3. The van der Waals surface area contributed by atoms with Crippen molar-refractivity contribution in [3.05, 3.63) is 65.2 Å². The largest absolute Gasteiger partial charge is 0.463 e. The number of esters is 2. The van der Waals surface area contributed by atoms with Crippen molar-refractivity contribution in [3.63, 3.8) is 0 Å². The molecule has 0 saturated carbocycles. The Kier molecular flexibility index (Phi) is 9.04. The Labute approximate surface area is 212 Å². The minimum absolute atomic E-state index is 0.144. The van der Waals surface area contributed by atoms with Gasteiger partial charge in [0.15, 0.2) is 0 Å². The Morgan fingerprint density at radius 2 is 1.39 bits per heavy atom. The number of nitrogens with one attached hydrogen (secondary N) is 2. The molecule has 208 valence electrons. The van der Waals surface area contributed by atoms with E-state index < -0.39 is 65.9 Å². The zero-order valence-electron chi connectivity index (χ0n) is 20.3. The van der Waals surface area contributed by atoms with Crippen LogP contribution >= 0.6 is 0 Å². The highest BCUT2D eigenvalue weighted by Crippen LogP contribution is 2.42. The first-order valence-electron chi connectivity index (χ1n) is 11.0. The summed E-state index contributed by atoms with van der Waals surface area (Å²) in [5.74, 6) is -5.50. The Hall–Kier alpha value is -3.81. The van der Waals surface area contributed by atoms with Gasteiger partial charge in [-0.05, 0) is 44.5 Å². The molecule has 0 radical (unpaired) electrons. The third-order valence-corrected chi connectivity index (χ3v) is 5.30. The van der Waals surface area contributed by atoms with Crippen LogP contribution in [0.4, 0.5) is 32.0 Å². The fraction of sp³-hybridized carbons (Fsp3) is 0.375. The number of carbonyl (C=O) groups excluding carboxylic acids is 3. The lowest BCUT2D eigenvalue weighted by atomic mass is 9.91. The summed E-state index contributed by atoms with van der Waals surface area (Å²) in [6.07, 6.45) is -11.2. The predicted molar refractivity (Wildman–Crippen MR) is 121 cm³/mol. The maximum Gasteiger partial charge on any atom is 0.441 e. The average Bonchev–Trinajstić information content (AvgIpc) is 2.83. The molecule has 0 fully saturated rings. The van der Waals surface area contributed by atoms with Crippen LogP contribution in [0.5, 0.6) is 0 Å². The summed E-state index contributed by atoms with van der Waals surface area (Å²) >= 11 is 0. The highest BCUT2D eigenvalue weighted by molar-refractivity contribution is 5.99. The summed E-state index contributed by atoms with van der Waals surface area (Å²) in [7, 11) is 0. The number of carbonyl (C=O) groups is 3. The van der Waals surface area contributed by atoms with Crippen molar-refractivity contribution >= 4 is 23.5 Å². The first-order chi connectivity index (χ1) is 17.5. The zero-order valence-corrected chi connectivity index (χ0v) is 20.3. The van der Waals surface area contributed by atoms with E-state index in [4.69, 9.17) is 0 Å². The highest BCUT2D eigenvalue weighted by atomic mass is 19.4. The molecule has 2 rings (SSSR count). The predicted octanol–water partition coefficient (Wildman–Crippen LogP) is 3.97. The van der Waals surface area contributed by atoms with E-state index in [1.807, 2.05) is 0 Å². The van der Waals surface area contributed by atoms with Crippen LogP contribution in [-0.2, 0) is 24.7 Å². The number of aryl methyl sites for hydroxylation is 1. The van der Waals surface area contributed by atoms with Gasteiger partial charge in [0.05, 0.1) is 13.2 Å². The monoisotopic (exact) mass is 550 g/mol. The van der Waals surface area contributed by atoms with Gasteiger partial charge in [-0.15, -0.1) is 0 Å². The second-order valence-corrected chi connectivity index (χ2v) is 7.87. The normalized spacial score (nSPS) is 15.0. The Morgan fingerprint density at radius 1 is 0.842 bits per heavy atom. The summed E-state index contributed by atoms with van der Waals surface area (Å²) in [5, 5.41) is 13.7. The molecule has 0 heterocycles. The van der Waals surface area contributed by atoms with E-state index in [0.29, 0.717) is 12.1 Å². The lowest BCUT2D eigenvalue weighted by molar-refractivity contribution is -0.267. The molecule has 0 bridgehead atoms. The molecule has 2 atom stereocenters. The molecule has 0 aromatic heterocycles. The van der Waals surface area contributed by atoms with Gasteiger partial charge in [0.25, 0.3) is 11.5 Å². The number of halogens is 6. The topological polar surface area (TPSA) is 114 Å². The second kappa shape index (κ2) is 11.3. The molecular formula is C24H24F6N2O6. The van der Waals surface area contributed by atoms with Gasteiger partial charge < -0.3 is 25.2 Å². The quantitative estimate of drug-likeness (QED) is 0.246. The van der Waals surface area contributed by atoms with Gasteiger partial charge in [0.1, 0.15) is 0 Å². The van der Waals surface area contributed by atoms with Crippen LogP contribution in [0, 0.1) is 6.92 Å². The molecule has 0 saturated heterocycles. The van der Waals surface area contributed by atoms with Crippen molar-refractivity contribution < 1.29 is 55.3 Å². The van der Waals surface area contributed by atoms with E-state index in [2.05, 4.69) is 9.47 Å². The number of ether oxygens (including phenoxy) is 2. The van der Waals surface area contributed by atoms with Gasteiger partial charge >= 0.3 is 30.0 Å². The first-order valence-corrected chi connectivity index (χ1v) is 11.0. The maximum atomic E-state index is 14.5. The van der Waals surface area contributed by atoms with E-state index in [1.165, 1.54) is 39.0 Å². The second-order valence-electron chi connectivity index (χ2n) is 7.87. The van der Waals surface area contributed by atoms with Crippen molar-refractivity contribution in [2.24, 2.45) is 0 Å². The van der Waals surface area contributed by atoms with Crippen molar-refractivity contribution in [2.75, 3.05) is 18.5 Å². The lowest BCUT2D eigenvalue weighted by Crippen LogP contribution is -2.69. The summed E-state index contributed by atoms with van der Waals surface area (Å²) in [5.41, 5.74) is -10.6. The first kappa shape index (κ1) is 30.4. The van der Waals surface area contributed by atoms with Crippen molar-refractivity contribution in [1.29, 1.82) is 0 Å². The van der Waals surface area contributed by atoms with Crippen LogP contribution < -0.4 is 10.6 Å². The molecule has 3 N–H and O–H groups in total. The number of rotatable bonds is 9. The summed E-state index contributed by atoms with van der Waals surface area (Å²) in [6, 6.07) is 8.44. The van der Waals surface area contributed by atoms with Gasteiger partial charge in [-0.2, -0.15) is 26.3 Å². The SMILES string of the molecule is CCOC(=O)[C@@](NC(=O)c1ccccc1)(Nc1cc([C@@](O)(C(=O)OCC)C(F)(F)F)ccc1C)C(F)(F)F. The van der Waals surface area contributed by atoms with E-state index >= 15 is 0 Å². The molecule has 0 aliphatic heterocycles. The van der Waals surface area contributed by atoms with Crippen LogP contribution in [0.15, 0.2) is 48.5 Å². The molecular weight excluding hydrogens is 526 g/mol. The minimum atomic E-state index is -5.64. The number of amides is 1. The molecule has 0 aliphatic carbocycles. The Bertz CT molecular complexity index is 1170. The summed E-state index contributed by atoms with van der Waals surface area (Å²) in [4.78, 5) is 37.5. The van der Waals surface area contributed by atoms with Crippen LogP contribution in [0.2, 0.25) is 0 Å². The Morgan fingerprint density at radius 3 is 1.89 bits per heavy atom. The fourth-order valence-corrected chi connectivity index (χ4v) is 3.28. The molecule has 0 unspecified atom stereocenters. The highest BCUT2D eigenvalue weighted by Gasteiger charge is 2.65. The number of hydrogen-bond acceptors (Lipinski definition) is 7. The molecule has 2 aromatic rings. The lowest BCUT2D eigenvalue weighted by Gasteiger charge is -2.36. The number of benzene rings is 2. The van der Waals surface area contributed by atoms with Gasteiger partial charge in [-0.3, -0.25) is 4.79 Å².